The average Bonchev–Trinajstić information content (AvgIpc) is 2.83. The molecule has 0 aromatic heterocycles. The van der Waals surface area contributed by atoms with Crippen molar-refractivity contribution in [3.05, 3.63) is 65.0 Å². The van der Waals surface area contributed by atoms with Crippen molar-refractivity contribution in [2.75, 3.05) is 0 Å². The Morgan fingerprint density at radius 3 is 2.61 bits per heavy atom. The lowest BCUT2D eigenvalue weighted by atomic mass is 9.86. The molecule has 0 spiro atoms. The zero-order chi connectivity index (χ0) is 26.3. The lowest BCUT2D eigenvalue weighted by molar-refractivity contribution is -0.131. The SMILES string of the molecule is CCC1(CC)CC(=O)N(Cc2cc(F)cc(C(=O)N[C@@H]3c4ccccc4OC(C)(C)[C@H]3O)c2)C(=N)N1. The van der Waals surface area contributed by atoms with Gasteiger partial charge in [0.05, 0.1) is 19.0 Å². The van der Waals surface area contributed by atoms with Crippen LogP contribution in [0.5, 0.6) is 5.75 Å². The minimum atomic E-state index is -1.04. The van der Waals surface area contributed by atoms with Gasteiger partial charge < -0.3 is 20.5 Å². The van der Waals surface area contributed by atoms with E-state index in [4.69, 9.17) is 10.1 Å². The molecular formula is C27H33FN4O4. The number of hydrogen-bond donors (Lipinski definition) is 4. The first-order valence-electron chi connectivity index (χ1n) is 12.2. The summed E-state index contributed by atoms with van der Waals surface area (Å²) in [5.41, 5.74) is -0.337. The Hall–Kier alpha value is -3.46. The Morgan fingerprint density at radius 1 is 1.25 bits per heavy atom. The van der Waals surface area contributed by atoms with Crippen LogP contribution >= 0.6 is 0 Å². The highest BCUT2D eigenvalue weighted by Gasteiger charge is 2.43. The predicted molar refractivity (Wildman–Crippen MR) is 133 cm³/mol. The summed E-state index contributed by atoms with van der Waals surface area (Å²) in [6, 6.07) is 10.2. The van der Waals surface area contributed by atoms with Crippen molar-refractivity contribution in [2.24, 2.45) is 0 Å². The Morgan fingerprint density at radius 2 is 1.94 bits per heavy atom. The normalized spacial score (nSPS) is 22.3. The van der Waals surface area contributed by atoms with Gasteiger partial charge in [0, 0.05) is 16.7 Å². The third kappa shape index (κ3) is 4.80. The number of benzene rings is 2. The molecule has 4 N–H and O–H groups in total. The molecule has 2 aromatic rings. The molecule has 192 valence electrons. The van der Waals surface area contributed by atoms with E-state index >= 15 is 0 Å². The second kappa shape index (κ2) is 9.54. The quantitative estimate of drug-likeness (QED) is 0.488. The molecule has 0 unspecified atom stereocenters. The van der Waals surface area contributed by atoms with Crippen molar-refractivity contribution < 1.29 is 23.8 Å². The van der Waals surface area contributed by atoms with Crippen molar-refractivity contribution in [1.29, 1.82) is 5.41 Å². The zero-order valence-electron chi connectivity index (χ0n) is 21.0. The molecule has 4 rings (SSSR count). The van der Waals surface area contributed by atoms with Crippen LogP contribution in [-0.4, -0.2) is 45.0 Å². The molecule has 0 bridgehead atoms. The summed E-state index contributed by atoms with van der Waals surface area (Å²) in [7, 11) is 0. The van der Waals surface area contributed by atoms with Crippen LogP contribution in [0.25, 0.3) is 0 Å². The second-order valence-corrected chi connectivity index (χ2v) is 10.1. The first-order chi connectivity index (χ1) is 17.0. The molecule has 0 aliphatic carbocycles. The standard InChI is InChI=1S/C27H33FN4O4/c1-5-27(6-2)14-21(33)32(25(29)31-27)15-16-11-17(13-18(28)12-16)24(35)30-22-19-9-7-8-10-20(19)36-26(3,4)23(22)34/h7-13,22-23,34H,5-6,14-15H2,1-4H3,(H2,29,31)(H,30,35)/t22-,23+/m1/s1. The van der Waals surface area contributed by atoms with Gasteiger partial charge in [-0.25, -0.2) is 4.39 Å². The number of aliphatic hydroxyl groups is 1. The number of nitrogens with zero attached hydrogens (tertiary/aromatic N) is 1. The van der Waals surface area contributed by atoms with Crippen molar-refractivity contribution >= 4 is 17.8 Å². The summed E-state index contributed by atoms with van der Waals surface area (Å²) in [6.45, 7) is 7.37. The number of hydrogen-bond acceptors (Lipinski definition) is 5. The van der Waals surface area contributed by atoms with E-state index in [2.05, 4.69) is 10.6 Å². The molecular weight excluding hydrogens is 463 g/mol. The van der Waals surface area contributed by atoms with Crippen LogP contribution in [0.15, 0.2) is 42.5 Å². The van der Waals surface area contributed by atoms with Crippen molar-refractivity contribution in [2.45, 2.75) is 76.8 Å². The van der Waals surface area contributed by atoms with E-state index < -0.39 is 35.0 Å². The predicted octanol–water partition coefficient (Wildman–Crippen LogP) is 3.64. The molecule has 9 heteroatoms. The number of rotatable bonds is 6. The number of carbonyl (C=O) groups is 2. The molecule has 0 radical (unpaired) electrons. The van der Waals surface area contributed by atoms with Gasteiger partial charge in [-0.2, -0.15) is 0 Å². The maximum Gasteiger partial charge on any atom is 0.251 e. The number of carbonyl (C=O) groups excluding carboxylic acids is 2. The van der Waals surface area contributed by atoms with Crippen LogP contribution in [0.2, 0.25) is 0 Å². The van der Waals surface area contributed by atoms with Gasteiger partial charge in [0.25, 0.3) is 5.91 Å². The fourth-order valence-corrected chi connectivity index (χ4v) is 4.90. The third-order valence-electron chi connectivity index (χ3n) is 7.30. The number of fused-ring (bicyclic) bond motifs is 1. The fraction of sp³-hybridized carbons (Fsp3) is 0.444. The molecule has 2 heterocycles. The van der Waals surface area contributed by atoms with Gasteiger partial charge in [-0.15, -0.1) is 0 Å². The molecule has 2 atom stereocenters. The van der Waals surface area contributed by atoms with E-state index in [9.17, 15) is 19.1 Å². The average molecular weight is 497 g/mol. The van der Waals surface area contributed by atoms with Crippen LogP contribution in [0.3, 0.4) is 0 Å². The lowest BCUT2D eigenvalue weighted by Crippen LogP contribution is -2.61. The lowest BCUT2D eigenvalue weighted by Gasteiger charge is -2.42. The molecule has 1 fully saturated rings. The fourth-order valence-electron chi connectivity index (χ4n) is 4.90. The van der Waals surface area contributed by atoms with Crippen LogP contribution in [0, 0.1) is 11.2 Å². The van der Waals surface area contributed by atoms with Crippen LogP contribution < -0.4 is 15.4 Å². The highest BCUT2D eigenvalue weighted by atomic mass is 19.1. The largest absolute Gasteiger partial charge is 0.485 e. The molecule has 2 aliphatic heterocycles. The van der Waals surface area contributed by atoms with Crippen molar-refractivity contribution in [1.82, 2.24) is 15.5 Å². The molecule has 36 heavy (non-hydrogen) atoms. The van der Waals surface area contributed by atoms with Crippen LogP contribution in [0.4, 0.5) is 4.39 Å². The number of ether oxygens (including phenoxy) is 1. The monoisotopic (exact) mass is 496 g/mol. The summed E-state index contributed by atoms with van der Waals surface area (Å²) < 4.78 is 20.5. The van der Waals surface area contributed by atoms with Gasteiger partial charge in [-0.1, -0.05) is 32.0 Å². The number of para-hydroxylation sites is 1. The van der Waals surface area contributed by atoms with E-state index in [0.717, 1.165) is 6.07 Å². The summed E-state index contributed by atoms with van der Waals surface area (Å²) >= 11 is 0. The Bertz CT molecular complexity index is 1170. The van der Waals surface area contributed by atoms with E-state index in [-0.39, 0.29) is 30.4 Å². The van der Waals surface area contributed by atoms with Crippen LogP contribution in [-0.2, 0) is 11.3 Å². The van der Waals surface area contributed by atoms with Gasteiger partial charge >= 0.3 is 0 Å². The van der Waals surface area contributed by atoms with Crippen molar-refractivity contribution in [3.63, 3.8) is 0 Å². The van der Waals surface area contributed by atoms with E-state index in [1.807, 2.05) is 19.9 Å². The Labute approximate surface area is 210 Å². The van der Waals surface area contributed by atoms with E-state index in [0.29, 0.717) is 29.7 Å². The van der Waals surface area contributed by atoms with Gasteiger partial charge in [0.15, 0.2) is 5.96 Å². The maximum absolute atomic E-state index is 14.6. The number of nitrogens with one attached hydrogen (secondary N) is 3. The summed E-state index contributed by atoms with van der Waals surface area (Å²) in [4.78, 5) is 27.3. The summed E-state index contributed by atoms with van der Waals surface area (Å²) in [6.07, 6.45) is 0.600. The topological polar surface area (TPSA) is 115 Å². The first-order valence-corrected chi connectivity index (χ1v) is 12.2. The second-order valence-electron chi connectivity index (χ2n) is 10.1. The molecule has 2 aromatic carbocycles. The number of aliphatic hydroxyl groups excluding tert-OH is 1. The van der Waals surface area contributed by atoms with E-state index in [1.165, 1.54) is 17.0 Å². The maximum atomic E-state index is 14.6. The number of guanidine groups is 1. The van der Waals surface area contributed by atoms with Gasteiger partial charge in [-0.05, 0) is 56.5 Å². The minimum absolute atomic E-state index is 0.0330. The van der Waals surface area contributed by atoms with Gasteiger partial charge in [-0.3, -0.25) is 19.9 Å². The molecule has 8 nitrogen and oxygen atoms in total. The first kappa shape index (κ1) is 25.6. The van der Waals surface area contributed by atoms with Crippen LogP contribution in [0.1, 0.15) is 74.5 Å². The summed E-state index contributed by atoms with van der Waals surface area (Å²) in [5, 5.41) is 25.2. The zero-order valence-corrected chi connectivity index (χ0v) is 21.0. The smallest absolute Gasteiger partial charge is 0.251 e. The van der Waals surface area contributed by atoms with Gasteiger partial charge in [0.1, 0.15) is 23.3 Å². The van der Waals surface area contributed by atoms with Gasteiger partial charge in [0.2, 0.25) is 5.91 Å². The van der Waals surface area contributed by atoms with Crippen molar-refractivity contribution in [3.8, 4) is 5.75 Å². The Balaban J connectivity index is 1.55. The minimum Gasteiger partial charge on any atom is -0.485 e. The molecule has 2 amide bonds. The number of amides is 2. The molecule has 2 aliphatic rings. The molecule has 1 saturated heterocycles. The highest BCUT2D eigenvalue weighted by molar-refractivity contribution is 5.99. The summed E-state index contributed by atoms with van der Waals surface area (Å²) in [5.74, 6) is -0.896. The van der Waals surface area contributed by atoms with E-state index in [1.54, 1.807) is 32.0 Å². The number of halogens is 1. The third-order valence-corrected chi connectivity index (χ3v) is 7.30. The Kier molecular flexibility index (Phi) is 6.79. The highest BCUT2D eigenvalue weighted by Crippen LogP contribution is 2.39. The molecule has 0 saturated carbocycles.